The molecular formula is C38H64F2N4O2. The second-order valence-corrected chi connectivity index (χ2v) is 11.2. The molecule has 1 heterocycles. The molecule has 1 aliphatic heterocycles. The number of aliphatic imine (C=N–C) groups is 1. The summed E-state index contributed by atoms with van der Waals surface area (Å²) >= 11 is 0. The van der Waals surface area contributed by atoms with E-state index >= 15 is 0 Å². The number of carbonyl (C=O) groups excluding carboxylic acids is 1. The molecule has 1 saturated heterocycles. The Balaban J connectivity index is -0.000000863. The summed E-state index contributed by atoms with van der Waals surface area (Å²) in [5, 5.41) is 8.85. The molecule has 0 aromatic carbocycles. The summed E-state index contributed by atoms with van der Waals surface area (Å²) in [6, 6.07) is 2.07. The minimum atomic E-state index is -2.61. The molecule has 0 N–H and O–H groups in total. The Morgan fingerprint density at radius 1 is 1.13 bits per heavy atom. The molecule has 0 spiro atoms. The number of allylic oxidation sites excluding steroid dienone is 10. The van der Waals surface area contributed by atoms with Crippen LogP contribution in [0.1, 0.15) is 116 Å². The maximum atomic E-state index is 13.6. The highest BCUT2D eigenvalue weighted by molar-refractivity contribution is 6.03. The first-order valence-corrected chi connectivity index (χ1v) is 16.7. The Morgan fingerprint density at radius 2 is 1.72 bits per heavy atom. The summed E-state index contributed by atoms with van der Waals surface area (Å²) in [5.74, 6) is 0. The third-order valence-electron chi connectivity index (χ3n) is 6.40. The molecule has 0 aromatic heterocycles. The molecule has 0 radical (unpaired) electrons. The van der Waals surface area contributed by atoms with Gasteiger partial charge in [0.1, 0.15) is 5.60 Å². The van der Waals surface area contributed by atoms with Crippen LogP contribution in [0.2, 0.25) is 0 Å². The van der Waals surface area contributed by atoms with Crippen LogP contribution in [0.15, 0.2) is 76.1 Å². The lowest BCUT2D eigenvalue weighted by Gasteiger charge is -2.42. The summed E-state index contributed by atoms with van der Waals surface area (Å²) < 4.78 is 32.7. The van der Waals surface area contributed by atoms with Gasteiger partial charge in [-0.1, -0.05) is 78.3 Å². The van der Waals surface area contributed by atoms with Gasteiger partial charge in [0, 0.05) is 54.4 Å². The van der Waals surface area contributed by atoms with Crippen molar-refractivity contribution in [2.75, 3.05) is 19.6 Å². The van der Waals surface area contributed by atoms with E-state index in [0.717, 1.165) is 24.8 Å². The number of hydrogen-bond acceptors (Lipinski definition) is 5. The predicted octanol–water partition coefficient (Wildman–Crippen LogP) is 11.2. The maximum Gasteiger partial charge on any atom is 0.410 e. The minimum absolute atomic E-state index is 0.0529. The Labute approximate surface area is 281 Å². The van der Waals surface area contributed by atoms with Crippen molar-refractivity contribution in [3.8, 4) is 6.07 Å². The quantitative estimate of drug-likeness (QED) is 0.135. The van der Waals surface area contributed by atoms with Gasteiger partial charge >= 0.3 is 6.09 Å². The topological polar surface area (TPSA) is 68.9 Å². The normalized spacial score (nSPS) is 16.7. The van der Waals surface area contributed by atoms with E-state index in [2.05, 4.69) is 38.4 Å². The van der Waals surface area contributed by atoms with Crippen molar-refractivity contribution in [1.82, 2.24) is 9.80 Å². The Kier molecular flexibility index (Phi) is 27.3. The van der Waals surface area contributed by atoms with E-state index in [1.54, 1.807) is 18.7 Å². The Hall–Kier alpha value is -3.47. The van der Waals surface area contributed by atoms with Gasteiger partial charge in [0.2, 0.25) is 0 Å². The molecule has 0 saturated carbocycles. The minimum Gasteiger partial charge on any atom is -0.444 e. The van der Waals surface area contributed by atoms with Crippen LogP contribution in [0.25, 0.3) is 0 Å². The second kappa shape index (κ2) is 26.7. The third kappa shape index (κ3) is 19.1. The van der Waals surface area contributed by atoms with Crippen molar-refractivity contribution in [1.29, 1.82) is 5.26 Å². The van der Waals surface area contributed by atoms with E-state index < -0.39 is 12.0 Å². The Morgan fingerprint density at radius 3 is 2.13 bits per heavy atom. The van der Waals surface area contributed by atoms with Gasteiger partial charge in [-0.3, -0.25) is 4.99 Å². The Bertz CT molecular complexity index is 1120. The zero-order valence-electron chi connectivity index (χ0n) is 31.4. The summed E-state index contributed by atoms with van der Waals surface area (Å²) in [5.41, 5.74) is 3.02. The number of hydrogen-bond donors (Lipinski definition) is 0. The second-order valence-electron chi connectivity index (χ2n) is 11.2. The molecule has 1 unspecified atom stereocenters. The number of alkyl halides is 2. The van der Waals surface area contributed by atoms with Crippen molar-refractivity contribution in [2.24, 2.45) is 4.99 Å². The van der Waals surface area contributed by atoms with E-state index in [1.807, 2.05) is 91.5 Å². The van der Waals surface area contributed by atoms with E-state index in [1.165, 1.54) is 17.8 Å². The molecule has 1 aliphatic rings. The number of piperazine rings is 1. The highest BCUT2D eigenvalue weighted by Crippen LogP contribution is 2.27. The number of rotatable bonds is 10. The summed E-state index contributed by atoms with van der Waals surface area (Å²) in [4.78, 5) is 20.2. The van der Waals surface area contributed by atoms with Gasteiger partial charge in [-0.15, -0.1) is 0 Å². The average molecular weight is 647 g/mol. The lowest BCUT2D eigenvalue weighted by molar-refractivity contribution is 0.00493. The van der Waals surface area contributed by atoms with Crippen LogP contribution in [0.5, 0.6) is 0 Å². The first kappa shape index (κ1) is 46.9. The number of carbonyl (C=O) groups is 1. The van der Waals surface area contributed by atoms with Crippen LogP contribution in [0, 0.1) is 11.3 Å². The van der Waals surface area contributed by atoms with Gasteiger partial charge in [-0.05, 0) is 80.4 Å². The molecular weight excluding hydrogens is 582 g/mol. The number of nitriles is 1. The zero-order chi connectivity index (χ0) is 36.5. The molecule has 1 rings (SSSR count). The number of amides is 1. The molecule has 6 nitrogen and oxygen atoms in total. The largest absolute Gasteiger partial charge is 0.444 e. The maximum absolute atomic E-state index is 13.6. The summed E-state index contributed by atoms with van der Waals surface area (Å²) in [7, 11) is 0. The third-order valence-corrected chi connectivity index (χ3v) is 6.40. The lowest BCUT2D eigenvalue weighted by atomic mass is 9.98. The monoisotopic (exact) mass is 646 g/mol. The van der Waals surface area contributed by atoms with Crippen molar-refractivity contribution in [3.63, 3.8) is 0 Å². The number of nitrogens with zero attached hydrogens (tertiary/aromatic N) is 4. The van der Waals surface area contributed by atoms with Gasteiger partial charge in [-0.25, -0.2) is 13.6 Å². The smallest absolute Gasteiger partial charge is 0.410 e. The molecule has 1 fully saturated rings. The molecule has 0 aromatic rings. The van der Waals surface area contributed by atoms with E-state index in [9.17, 15) is 13.6 Å². The van der Waals surface area contributed by atoms with Crippen LogP contribution in [0.4, 0.5) is 13.6 Å². The molecule has 0 bridgehead atoms. The van der Waals surface area contributed by atoms with Crippen LogP contribution in [-0.4, -0.2) is 59.3 Å². The molecule has 1 atom stereocenters. The number of ether oxygens (including phenoxy) is 1. The molecule has 8 heteroatoms. The van der Waals surface area contributed by atoms with Crippen molar-refractivity contribution in [3.05, 3.63) is 71.1 Å². The van der Waals surface area contributed by atoms with Crippen molar-refractivity contribution < 1.29 is 18.3 Å². The van der Waals surface area contributed by atoms with E-state index in [4.69, 9.17) is 10.00 Å². The fourth-order valence-corrected chi connectivity index (χ4v) is 4.43. The van der Waals surface area contributed by atoms with Crippen LogP contribution in [0.3, 0.4) is 0 Å². The standard InChI is InChI=1S/C21H33F2N3O2.C13H19N.2C2H6/c1-9-17(19(22)23)18(15(4)24-10-2)16(5)25-11-12-26(14(3)13-25)20(27)28-21(6,7)8;1-4-6-7-9-13(11-14)10-12(3)8-5-2;2*1-2/h9-10,14,19H,2,11-13H2,1,3-8H3;6-7,9-10H,4-5,8H2,1-3H3;2*1-2H3/b17-9+,18-16-,24-15?;7-6+,12-10+,13-9+;;. The average Bonchev–Trinajstić information content (AvgIpc) is 3.00. The fourth-order valence-electron chi connectivity index (χ4n) is 4.43. The number of halogens is 2. The summed E-state index contributed by atoms with van der Waals surface area (Å²) in [6.07, 6.45) is 10.8. The SMILES string of the molecule is C=CN=C(C)C(/C(=C\C)C(F)F)=C(\C)N1CCN(C(=O)OC(C)(C)C)C(C)C1.CC.CC.CC/C=C/C=C(C#N)\C=C(/C)CCC. The summed E-state index contributed by atoms with van der Waals surface area (Å²) in [6.45, 7) is 31.9. The molecule has 46 heavy (non-hydrogen) atoms. The molecule has 262 valence electrons. The van der Waals surface area contributed by atoms with Gasteiger partial charge in [-0.2, -0.15) is 5.26 Å². The predicted molar refractivity (Wildman–Crippen MR) is 194 cm³/mol. The fraction of sp³-hybridized carbons (Fsp3) is 0.605. The van der Waals surface area contributed by atoms with Crippen LogP contribution < -0.4 is 0 Å². The molecule has 0 aliphatic carbocycles. The lowest BCUT2D eigenvalue weighted by Crippen LogP contribution is -2.54. The van der Waals surface area contributed by atoms with Gasteiger partial charge < -0.3 is 14.5 Å². The van der Waals surface area contributed by atoms with Crippen molar-refractivity contribution >= 4 is 11.8 Å². The zero-order valence-corrected chi connectivity index (χ0v) is 31.4. The first-order valence-electron chi connectivity index (χ1n) is 16.7. The van der Waals surface area contributed by atoms with Gasteiger partial charge in [0.05, 0.1) is 11.6 Å². The highest BCUT2D eigenvalue weighted by Gasteiger charge is 2.32. The molecule has 1 amide bonds. The highest BCUT2D eigenvalue weighted by atomic mass is 19.3. The van der Waals surface area contributed by atoms with E-state index in [0.29, 0.717) is 36.6 Å². The van der Waals surface area contributed by atoms with E-state index in [-0.39, 0.29) is 17.7 Å². The van der Waals surface area contributed by atoms with Crippen LogP contribution >= 0.6 is 0 Å². The van der Waals surface area contributed by atoms with Gasteiger partial charge in [0.25, 0.3) is 6.43 Å². The first-order chi connectivity index (χ1) is 21.7. The van der Waals surface area contributed by atoms with Crippen molar-refractivity contribution in [2.45, 2.75) is 134 Å². The van der Waals surface area contributed by atoms with Crippen LogP contribution in [-0.2, 0) is 4.74 Å². The van der Waals surface area contributed by atoms with Gasteiger partial charge in [0.15, 0.2) is 0 Å².